The van der Waals surface area contributed by atoms with Gasteiger partial charge in [-0.2, -0.15) is 0 Å². The maximum Gasteiger partial charge on any atom is 0.0226 e. The Kier molecular flexibility index (Phi) is 10.6. The van der Waals surface area contributed by atoms with Gasteiger partial charge in [0, 0.05) is 5.88 Å². The summed E-state index contributed by atoms with van der Waals surface area (Å²) < 4.78 is 0. The Hall–Kier alpha value is 0.0600. The van der Waals surface area contributed by atoms with E-state index < -0.39 is 0 Å². The van der Waals surface area contributed by atoms with Gasteiger partial charge in [0.2, 0.25) is 0 Å². The fraction of sp³-hybridized carbons (Fsp3) is 0.429. The molecule has 0 atom stereocenters. The Morgan fingerprint density at radius 1 is 1.56 bits per heavy atom. The van der Waals surface area contributed by atoms with E-state index in [0.29, 0.717) is 5.88 Å². The van der Waals surface area contributed by atoms with Crippen molar-refractivity contribution in [3.8, 4) is 0 Å². The van der Waals surface area contributed by atoms with Crippen LogP contribution in [0.15, 0.2) is 24.8 Å². The van der Waals surface area contributed by atoms with Crippen molar-refractivity contribution in [3.05, 3.63) is 24.8 Å². The van der Waals surface area contributed by atoms with E-state index in [9.17, 15) is 0 Å². The van der Waals surface area contributed by atoms with E-state index in [1.54, 1.807) is 6.08 Å². The molecule has 0 saturated carbocycles. The van der Waals surface area contributed by atoms with Crippen LogP contribution < -0.4 is 0 Å². The lowest BCUT2D eigenvalue weighted by Gasteiger charge is -1.92. The van der Waals surface area contributed by atoms with Gasteiger partial charge in [-0.15, -0.1) is 24.0 Å². The summed E-state index contributed by atoms with van der Waals surface area (Å²) in [6.45, 7) is 7.30. The molecule has 0 saturated heterocycles. The summed E-state index contributed by atoms with van der Waals surface area (Å²) in [5, 5.41) is 0. The van der Waals surface area contributed by atoms with Crippen LogP contribution in [0.1, 0.15) is 12.8 Å². The third kappa shape index (κ3) is 8.06. The molecule has 0 rings (SSSR count). The summed E-state index contributed by atoms with van der Waals surface area (Å²) in [4.78, 5) is 0. The highest BCUT2D eigenvalue weighted by Gasteiger charge is 1.84. The summed E-state index contributed by atoms with van der Waals surface area (Å²) in [5.74, 6) is 0.715. The first kappa shape index (κ1) is 11.8. The minimum atomic E-state index is 0. The molecule has 0 heterocycles. The molecule has 0 aliphatic carbocycles. The minimum absolute atomic E-state index is 0. The molecule has 0 nitrogen and oxygen atoms in total. The summed E-state index contributed by atoms with van der Waals surface area (Å²) >= 11 is 5.43. The van der Waals surface area contributed by atoms with Gasteiger partial charge in [-0.1, -0.05) is 24.8 Å². The zero-order valence-corrected chi connectivity index (χ0v) is 6.97. The topological polar surface area (TPSA) is 0 Å². The van der Waals surface area contributed by atoms with E-state index in [-0.39, 0.29) is 12.4 Å². The van der Waals surface area contributed by atoms with Gasteiger partial charge in [0.05, 0.1) is 0 Å². The summed E-state index contributed by atoms with van der Waals surface area (Å²) in [6.07, 6.45) is 3.76. The molecular formula is C7H12Cl2. The van der Waals surface area contributed by atoms with Crippen LogP contribution in [0.25, 0.3) is 0 Å². The second-order valence-electron chi connectivity index (χ2n) is 1.65. The predicted molar refractivity (Wildman–Crippen MR) is 46.5 cm³/mol. The maximum atomic E-state index is 5.43. The molecular weight excluding hydrogens is 155 g/mol. The number of alkyl halides is 1. The number of halogens is 2. The Morgan fingerprint density at radius 2 is 2.11 bits per heavy atom. The van der Waals surface area contributed by atoms with Crippen LogP contribution in [0.3, 0.4) is 0 Å². The number of hydrogen-bond acceptors (Lipinski definition) is 0. The molecule has 54 valence electrons. The van der Waals surface area contributed by atoms with Crippen molar-refractivity contribution in [1.82, 2.24) is 0 Å². The lowest BCUT2D eigenvalue weighted by Crippen LogP contribution is -1.76. The smallest absolute Gasteiger partial charge is 0.0226 e. The Bertz CT molecular complexity index is 86.9. The first-order valence-electron chi connectivity index (χ1n) is 2.67. The fourth-order valence-electron chi connectivity index (χ4n) is 0.396. The van der Waals surface area contributed by atoms with Crippen molar-refractivity contribution in [2.75, 3.05) is 5.88 Å². The molecule has 0 amide bonds. The highest BCUT2D eigenvalue weighted by Crippen LogP contribution is 2.02. The van der Waals surface area contributed by atoms with Gasteiger partial charge in [0.1, 0.15) is 0 Å². The molecule has 0 aromatic carbocycles. The van der Waals surface area contributed by atoms with Crippen molar-refractivity contribution in [1.29, 1.82) is 0 Å². The second kappa shape index (κ2) is 8.06. The van der Waals surface area contributed by atoms with Crippen LogP contribution in [0.4, 0.5) is 0 Å². The number of allylic oxidation sites excluding steroid dienone is 2. The molecule has 0 N–H and O–H groups in total. The van der Waals surface area contributed by atoms with Gasteiger partial charge in [0.25, 0.3) is 0 Å². The molecule has 2 heteroatoms. The second-order valence-corrected chi connectivity index (χ2v) is 2.03. The van der Waals surface area contributed by atoms with E-state index in [0.717, 1.165) is 18.4 Å². The van der Waals surface area contributed by atoms with Gasteiger partial charge >= 0.3 is 0 Å². The summed E-state index contributed by atoms with van der Waals surface area (Å²) in [7, 11) is 0. The Balaban J connectivity index is 0. The third-order valence-corrected chi connectivity index (χ3v) is 1.19. The predicted octanol–water partition coefficient (Wildman–Crippen LogP) is 3.17. The molecule has 0 aliphatic heterocycles. The first-order chi connectivity index (χ1) is 3.81. The molecule has 0 bridgehead atoms. The molecule has 0 fully saturated rings. The zero-order chi connectivity index (χ0) is 6.41. The molecule has 0 spiro atoms. The van der Waals surface area contributed by atoms with E-state index in [2.05, 4.69) is 13.2 Å². The van der Waals surface area contributed by atoms with Crippen molar-refractivity contribution in [3.63, 3.8) is 0 Å². The summed E-state index contributed by atoms with van der Waals surface area (Å²) in [6, 6.07) is 0. The van der Waals surface area contributed by atoms with Crippen molar-refractivity contribution >= 4 is 24.0 Å². The normalized spacial score (nSPS) is 7.67. The first-order valence-corrected chi connectivity index (χ1v) is 3.21. The van der Waals surface area contributed by atoms with Crippen LogP contribution in [0.2, 0.25) is 0 Å². The van der Waals surface area contributed by atoms with Crippen LogP contribution in [0.5, 0.6) is 0 Å². The fourth-order valence-corrected chi connectivity index (χ4v) is 0.530. The van der Waals surface area contributed by atoms with Crippen LogP contribution in [0, 0.1) is 0 Å². The molecule has 0 aliphatic rings. The van der Waals surface area contributed by atoms with Gasteiger partial charge in [-0.05, 0) is 12.8 Å². The largest absolute Gasteiger partial charge is 0.147 e. The molecule has 0 aromatic heterocycles. The highest BCUT2D eigenvalue weighted by atomic mass is 35.5. The van der Waals surface area contributed by atoms with E-state index in [1.165, 1.54) is 0 Å². The molecule has 0 aromatic rings. The number of hydrogen-bond donors (Lipinski definition) is 0. The van der Waals surface area contributed by atoms with E-state index >= 15 is 0 Å². The highest BCUT2D eigenvalue weighted by molar-refractivity contribution is 6.17. The van der Waals surface area contributed by atoms with Gasteiger partial charge in [-0.3, -0.25) is 0 Å². The quantitative estimate of drug-likeness (QED) is 0.445. The molecule has 0 radical (unpaired) electrons. The van der Waals surface area contributed by atoms with E-state index in [1.807, 2.05) is 0 Å². The SMILES string of the molecule is C=CC(=C)CCCCl.Cl. The summed E-state index contributed by atoms with van der Waals surface area (Å²) in [5.41, 5.74) is 1.07. The lowest BCUT2D eigenvalue weighted by atomic mass is 10.2. The Morgan fingerprint density at radius 3 is 2.44 bits per heavy atom. The van der Waals surface area contributed by atoms with Gasteiger partial charge in [0.15, 0.2) is 0 Å². The van der Waals surface area contributed by atoms with Crippen LogP contribution in [-0.2, 0) is 0 Å². The van der Waals surface area contributed by atoms with Crippen molar-refractivity contribution in [2.24, 2.45) is 0 Å². The van der Waals surface area contributed by atoms with Crippen molar-refractivity contribution < 1.29 is 0 Å². The number of rotatable bonds is 4. The van der Waals surface area contributed by atoms with Gasteiger partial charge < -0.3 is 0 Å². The Labute approximate surface area is 68.0 Å². The average molecular weight is 167 g/mol. The zero-order valence-electron chi connectivity index (χ0n) is 5.40. The van der Waals surface area contributed by atoms with E-state index in [4.69, 9.17) is 11.6 Å². The van der Waals surface area contributed by atoms with Gasteiger partial charge in [-0.25, -0.2) is 0 Å². The minimum Gasteiger partial charge on any atom is -0.147 e. The molecule has 9 heavy (non-hydrogen) atoms. The van der Waals surface area contributed by atoms with Crippen LogP contribution >= 0.6 is 24.0 Å². The lowest BCUT2D eigenvalue weighted by molar-refractivity contribution is 0.937. The standard InChI is InChI=1S/C7H11Cl.ClH/c1-3-7(2)5-4-6-8;/h3H,1-2,4-6H2;1H. The van der Waals surface area contributed by atoms with Crippen LogP contribution in [-0.4, -0.2) is 5.88 Å². The van der Waals surface area contributed by atoms with Crippen molar-refractivity contribution in [2.45, 2.75) is 12.8 Å². The monoisotopic (exact) mass is 166 g/mol. The maximum absolute atomic E-state index is 5.43. The molecule has 0 unspecified atom stereocenters. The average Bonchev–Trinajstić information content (AvgIpc) is 1.83. The third-order valence-electron chi connectivity index (χ3n) is 0.920.